The minimum atomic E-state index is -4.02. The SMILES string of the molecule is Cc1ccc(S(=O)(=O)O)cc1.O=C(O)OCOc1ccc2c(c1)[C@@]13CCCC[C@H]1[C@@H](C2)NCC3. The molecule has 2 aromatic rings. The highest BCUT2D eigenvalue weighted by atomic mass is 32.2. The minimum absolute atomic E-state index is 0.0666. The van der Waals surface area contributed by atoms with Crippen molar-refractivity contribution in [2.45, 2.75) is 61.8 Å². The van der Waals surface area contributed by atoms with Crippen LogP contribution >= 0.6 is 0 Å². The number of rotatable bonds is 4. The number of fused-ring (bicyclic) bond motifs is 1. The number of carboxylic acid groups (broad SMARTS) is 1. The number of ether oxygens (including phenoxy) is 2. The Morgan fingerprint density at radius 1 is 1.15 bits per heavy atom. The zero-order valence-electron chi connectivity index (χ0n) is 19.2. The molecular formula is C25H31NO7S. The Morgan fingerprint density at radius 2 is 1.91 bits per heavy atom. The predicted octanol–water partition coefficient (Wildman–Crippen LogP) is 4.31. The van der Waals surface area contributed by atoms with Gasteiger partial charge in [-0.2, -0.15) is 8.42 Å². The number of hydrogen-bond acceptors (Lipinski definition) is 6. The average molecular weight is 490 g/mol. The van der Waals surface area contributed by atoms with Crippen molar-refractivity contribution >= 4 is 16.3 Å². The maximum absolute atomic E-state index is 10.5. The fourth-order valence-corrected chi connectivity index (χ4v) is 6.33. The van der Waals surface area contributed by atoms with Crippen molar-refractivity contribution < 1.29 is 32.3 Å². The molecular weight excluding hydrogens is 458 g/mol. The van der Waals surface area contributed by atoms with Gasteiger partial charge in [-0.05, 0) is 80.5 Å². The van der Waals surface area contributed by atoms with Crippen LogP contribution in [-0.2, 0) is 26.7 Å². The van der Waals surface area contributed by atoms with Crippen molar-refractivity contribution in [1.29, 1.82) is 0 Å². The normalized spacial score (nSPS) is 25.1. The number of benzene rings is 2. The highest BCUT2D eigenvalue weighted by molar-refractivity contribution is 7.85. The van der Waals surface area contributed by atoms with Crippen LogP contribution in [0.15, 0.2) is 47.4 Å². The molecule has 3 atom stereocenters. The molecule has 1 aliphatic heterocycles. The summed E-state index contributed by atoms with van der Waals surface area (Å²) in [6.45, 7) is 2.68. The molecule has 3 N–H and O–H groups in total. The van der Waals surface area contributed by atoms with E-state index in [9.17, 15) is 13.2 Å². The highest BCUT2D eigenvalue weighted by Crippen LogP contribution is 2.54. The third-order valence-electron chi connectivity index (χ3n) is 7.35. The molecule has 2 aliphatic carbocycles. The first-order valence-electron chi connectivity index (χ1n) is 11.6. The summed E-state index contributed by atoms with van der Waals surface area (Å²) in [5, 5.41) is 12.3. The van der Waals surface area contributed by atoms with Crippen LogP contribution in [0.5, 0.6) is 5.75 Å². The first-order valence-corrected chi connectivity index (χ1v) is 13.0. The molecule has 2 aromatic carbocycles. The predicted molar refractivity (Wildman–Crippen MR) is 126 cm³/mol. The summed E-state index contributed by atoms with van der Waals surface area (Å²) >= 11 is 0. The Morgan fingerprint density at radius 3 is 2.62 bits per heavy atom. The fourth-order valence-electron chi connectivity index (χ4n) is 5.85. The lowest BCUT2D eigenvalue weighted by Crippen LogP contribution is -2.59. The van der Waals surface area contributed by atoms with Gasteiger partial charge in [-0.3, -0.25) is 4.55 Å². The molecule has 1 heterocycles. The zero-order valence-corrected chi connectivity index (χ0v) is 20.0. The van der Waals surface area contributed by atoms with Gasteiger partial charge in [0.1, 0.15) is 5.75 Å². The summed E-state index contributed by atoms with van der Waals surface area (Å²) in [4.78, 5) is 10.4. The van der Waals surface area contributed by atoms with Crippen LogP contribution in [0.3, 0.4) is 0 Å². The van der Waals surface area contributed by atoms with Crippen molar-refractivity contribution in [3.63, 3.8) is 0 Å². The molecule has 0 amide bonds. The van der Waals surface area contributed by atoms with Crippen LogP contribution in [0.2, 0.25) is 0 Å². The average Bonchev–Trinajstić information content (AvgIpc) is 2.79. The Bertz CT molecular complexity index is 1130. The Balaban J connectivity index is 0.000000210. The summed E-state index contributed by atoms with van der Waals surface area (Å²) in [7, 11) is -4.02. The van der Waals surface area contributed by atoms with Gasteiger partial charge in [0, 0.05) is 11.5 Å². The highest BCUT2D eigenvalue weighted by Gasteiger charge is 2.51. The summed E-state index contributed by atoms with van der Waals surface area (Å²) in [6, 6.07) is 12.8. The third kappa shape index (κ3) is 5.21. The van der Waals surface area contributed by atoms with Gasteiger partial charge in [0.05, 0.1) is 4.90 Å². The van der Waals surface area contributed by atoms with Gasteiger partial charge in [0.15, 0.2) is 0 Å². The van der Waals surface area contributed by atoms with Gasteiger partial charge in [0.2, 0.25) is 6.79 Å². The molecule has 9 heteroatoms. The van der Waals surface area contributed by atoms with E-state index >= 15 is 0 Å². The second kappa shape index (κ2) is 9.93. The Hall–Kier alpha value is -2.62. The van der Waals surface area contributed by atoms with Crippen LogP contribution < -0.4 is 10.1 Å². The molecule has 2 fully saturated rings. The lowest BCUT2D eigenvalue weighted by Gasteiger charge is -2.56. The number of hydrogen-bond donors (Lipinski definition) is 3. The number of piperidine rings is 1. The van der Waals surface area contributed by atoms with Gasteiger partial charge < -0.3 is 19.9 Å². The third-order valence-corrected chi connectivity index (χ3v) is 8.21. The molecule has 1 saturated heterocycles. The summed E-state index contributed by atoms with van der Waals surface area (Å²) in [6.07, 6.45) is 6.18. The van der Waals surface area contributed by atoms with E-state index in [0.29, 0.717) is 11.8 Å². The molecule has 34 heavy (non-hydrogen) atoms. The largest absolute Gasteiger partial charge is 0.508 e. The fraction of sp³-hybridized carbons (Fsp3) is 0.480. The molecule has 2 bridgehead atoms. The Labute approximate surface area is 200 Å². The molecule has 5 rings (SSSR count). The van der Waals surface area contributed by atoms with Crippen LogP contribution in [0.1, 0.15) is 48.8 Å². The molecule has 1 saturated carbocycles. The van der Waals surface area contributed by atoms with Crippen LogP contribution in [0, 0.1) is 12.8 Å². The number of carbonyl (C=O) groups is 1. The van der Waals surface area contributed by atoms with Crippen molar-refractivity contribution in [2.75, 3.05) is 13.3 Å². The summed E-state index contributed by atoms with van der Waals surface area (Å²) in [5.41, 5.74) is 4.10. The summed E-state index contributed by atoms with van der Waals surface area (Å²) in [5.74, 6) is 1.43. The Kier molecular flexibility index (Phi) is 7.16. The quantitative estimate of drug-likeness (QED) is 0.330. The monoisotopic (exact) mass is 489 g/mol. The van der Waals surface area contributed by atoms with E-state index in [-0.39, 0.29) is 17.1 Å². The smallest absolute Gasteiger partial charge is 0.457 e. The van der Waals surface area contributed by atoms with Gasteiger partial charge >= 0.3 is 6.16 Å². The van der Waals surface area contributed by atoms with Crippen LogP contribution in [0.25, 0.3) is 0 Å². The van der Waals surface area contributed by atoms with Crippen molar-refractivity contribution in [3.05, 3.63) is 59.2 Å². The molecule has 0 radical (unpaired) electrons. The first kappa shape index (κ1) is 24.5. The first-order chi connectivity index (χ1) is 16.2. The molecule has 0 spiro atoms. The van der Waals surface area contributed by atoms with Gasteiger partial charge in [-0.1, -0.05) is 36.6 Å². The second-order valence-electron chi connectivity index (χ2n) is 9.30. The van der Waals surface area contributed by atoms with Crippen molar-refractivity contribution in [2.24, 2.45) is 5.92 Å². The molecule has 184 valence electrons. The van der Waals surface area contributed by atoms with Crippen molar-refractivity contribution in [1.82, 2.24) is 5.32 Å². The number of aryl methyl sites for hydroxylation is 1. The molecule has 8 nitrogen and oxygen atoms in total. The van der Waals surface area contributed by atoms with Gasteiger partial charge in [0.25, 0.3) is 10.1 Å². The van der Waals surface area contributed by atoms with Gasteiger partial charge in [-0.15, -0.1) is 0 Å². The molecule has 0 unspecified atom stereocenters. The van der Waals surface area contributed by atoms with Crippen molar-refractivity contribution in [3.8, 4) is 5.75 Å². The maximum atomic E-state index is 10.5. The maximum Gasteiger partial charge on any atom is 0.508 e. The molecule has 0 aromatic heterocycles. The van der Waals surface area contributed by atoms with E-state index in [1.807, 2.05) is 13.0 Å². The second-order valence-corrected chi connectivity index (χ2v) is 10.7. The van der Waals surface area contributed by atoms with Crippen LogP contribution in [-0.4, -0.2) is 43.6 Å². The number of nitrogens with one attached hydrogen (secondary N) is 1. The van der Waals surface area contributed by atoms with E-state index in [1.165, 1.54) is 55.4 Å². The van der Waals surface area contributed by atoms with Gasteiger partial charge in [-0.25, -0.2) is 4.79 Å². The molecule has 3 aliphatic rings. The zero-order chi connectivity index (χ0) is 24.3. The van der Waals surface area contributed by atoms with E-state index in [2.05, 4.69) is 22.2 Å². The van der Waals surface area contributed by atoms with E-state index < -0.39 is 16.3 Å². The minimum Gasteiger partial charge on any atom is -0.457 e. The van der Waals surface area contributed by atoms with Crippen LogP contribution in [0.4, 0.5) is 4.79 Å². The topological polar surface area (TPSA) is 122 Å². The lowest BCUT2D eigenvalue weighted by atomic mass is 9.53. The summed E-state index contributed by atoms with van der Waals surface area (Å²) < 4.78 is 39.5. The van der Waals surface area contributed by atoms with E-state index in [4.69, 9.17) is 14.4 Å². The lowest BCUT2D eigenvalue weighted by molar-refractivity contribution is 0.0256. The standard InChI is InChI=1S/C18H23NO4.C7H8O3S/c20-17(21)23-11-22-13-5-4-12-9-16-14-3-1-2-6-18(14,7-8-19-16)15(12)10-13;1-6-2-4-7(5-3-6)11(8,9)10/h4-5,10,14,16,19H,1-3,6-9,11H2,(H,20,21);2-5H,1H3,(H,8,9,10)/t14-,16+,18+;/m0./s1. The van der Waals surface area contributed by atoms with E-state index in [0.717, 1.165) is 24.4 Å². The van der Waals surface area contributed by atoms with E-state index in [1.54, 1.807) is 12.1 Å².